The Morgan fingerprint density at radius 3 is 2.06 bits per heavy atom. The molecule has 1 aromatic carbocycles. The zero-order valence-electron chi connectivity index (χ0n) is 7.50. The van der Waals surface area contributed by atoms with Crippen LogP contribution in [0.25, 0.3) is 0 Å². The van der Waals surface area contributed by atoms with Crippen LogP contribution in [0.15, 0.2) is 11.0 Å². The van der Waals surface area contributed by atoms with Crippen LogP contribution in [0.1, 0.15) is 10.4 Å². The zero-order chi connectivity index (χ0) is 12.7. The van der Waals surface area contributed by atoms with Gasteiger partial charge in [-0.05, 0) is 6.07 Å². The number of hydrogen-bond acceptors (Lipinski definition) is 3. The highest BCUT2D eigenvalue weighted by Crippen LogP contribution is 2.35. The van der Waals surface area contributed by atoms with E-state index in [1.54, 1.807) is 0 Å². The monoisotopic (exact) mass is 302 g/mol. The lowest BCUT2D eigenvalue weighted by molar-refractivity contribution is 0.100. The molecule has 0 bridgehead atoms. The number of primary sulfonamides is 1. The molecule has 1 aromatic rings. The van der Waals surface area contributed by atoms with Crippen LogP contribution >= 0.6 is 34.8 Å². The lowest BCUT2D eigenvalue weighted by Gasteiger charge is -2.09. The molecule has 1 rings (SSSR count). The lowest BCUT2D eigenvalue weighted by atomic mass is 10.2. The maximum atomic E-state index is 11.1. The number of carbonyl (C=O) groups is 1. The van der Waals surface area contributed by atoms with Gasteiger partial charge in [-0.25, -0.2) is 13.6 Å². The fourth-order valence-electron chi connectivity index (χ4n) is 1.00. The van der Waals surface area contributed by atoms with Crippen LogP contribution in [0.4, 0.5) is 0 Å². The molecule has 0 fully saturated rings. The Kier molecular flexibility index (Phi) is 3.71. The van der Waals surface area contributed by atoms with Gasteiger partial charge in [0.25, 0.3) is 5.91 Å². The average molecular weight is 304 g/mol. The smallest absolute Gasteiger partial charge is 0.251 e. The van der Waals surface area contributed by atoms with Gasteiger partial charge >= 0.3 is 0 Å². The summed E-state index contributed by atoms with van der Waals surface area (Å²) in [5.74, 6) is -0.998. The van der Waals surface area contributed by atoms with E-state index >= 15 is 0 Å². The van der Waals surface area contributed by atoms with E-state index in [2.05, 4.69) is 0 Å². The molecule has 0 radical (unpaired) electrons. The fraction of sp³-hybridized carbons (Fsp3) is 0. The first kappa shape index (κ1) is 13.5. The summed E-state index contributed by atoms with van der Waals surface area (Å²) in [6.45, 7) is 0. The molecule has 0 spiro atoms. The number of benzene rings is 1. The van der Waals surface area contributed by atoms with E-state index in [1.807, 2.05) is 0 Å². The summed E-state index contributed by atoms with van der Waals surface area (Å²) in [6, 6.07) is 0.952. The van der Waals surface area contributed by atoms with Gasteiger partial charge in [0.05, 0.1) is 20.6 Å². The second-order valence-electron chi connectivity index (χ2n) is 2.77. The number of hydrogen-bond donors (Lipinski definition) is 2. The average Bonchev–Trinajstić information content (AvgIpc) is 2.09. The largest absolute Gasteiger partial charge is 0.366 e. The lowest BCUT2D eigenvalue weighted by Crippen LogP contribution is -2.17. The quantitative estimate of drug-likeness (QED) is 0.807. The van der Waals surface area contributed by atoms with Crippen LogP contribution in [0.5, 0.6) is 0 Å². The SMILES string of the molecule is NC(=O)c1c(Cl)c(Cl)cc(S(N)(=O)=O)c1Cl. The van der Waals surface area contributed by atoms with E-state index in [9.17, 15) is 13.2 Å². The van der Waals surface area contributed by atoms with E-state index in [0.717, 1.165) is 6.07 Å². The van der Waals surface area contributed by atoms with Gasteiger partial charge in [-0.1, -0.05) is 34.8 Å². The molecule has 0 aliphatic heterocycles. The van der Waals surface area contributed by atoms with Crippen molar-refractivity contribution in [3.8, 4) is 0 Å². The molecule has 0 aromatic heterocycles. The van der Waals surface area contributed by atoms with Crippen molar-refractivity contribution in [1.82, 2.24) is 0 Å². The van der Waals surface area contributed by atoms with E-state index in [1.165, 1.54) is 0 Å². The van der Waals surface area contributed by atoms with E-state index < -0.39 is 25.8 Å². The molecule has 0 heterocycles. The number of sulfonamides is 1. The van der Waals surface area contributed by atoms with Crippen molar-refractivity contribution in [3.63, 3.8) is 0 Å². The molecular formula is C7H5Cl3N2O3S. The molecule has 88 valence electrons. The Hall–Kier alpha value is -0.530. The van der Waals surface area contributed by atoms with Crippen LogP contribution < -0.4 is 10.9 Å². The summed E-state index contributed by atoms with van der Waals surface area (Å²) in [4.78, 5) is 10.5. The molecule has 0 atom stereocenters. The Morgan fingerprint density at radius 2 is 1.69 bits per heavy atom. The molecule has 9 heteroatoms. The van der Waals surface area contributed by atoms with Crippen LogP contribution in [-0.2, 0) is 10.0 Å². The van der Waals surface area contributed by atoms with Gasteiger partial charge in [-0.3, -0.25) is 4.79 Å². The molecule has 0 aliphatic carbocycles. The van der Waals surface area contributed by atoms with Gasteiger partial charge in [0.2, 0.25) is 10.0 Å². The number of halogens is 3. The number of rotatable bonds is 2. The minimum absolute atomic E-state index is 0.177. The fourth-order valence-corrected chi connectivity index (χ4v) is 2.76. The van der Waals surface area contributed by atoms with E-state index in [4.69, 9.17) is 45.7 Å². The molecule has 4 N–H and O–H groups in total. The van der Waals surface area contributed by atoms with E-state index in [0.29, 0.717) is 0 Å². The number of nitrogens with two attached hydrogens (primary N) is 2. The molecule has 0 saturated heterocycles. The van der Waals surface area contributed by atoms with Gasteiger partial charge in [0.1, 0.15) is 4.90 Å². The van der Waals surface area contributed by atoms with Gasteiger partial charge in [-0.15, -0.1) is 0 Å². The maximum Gasteiger partial charge on any atom is 0.251 e. The molecular weight excluding hydrogens is 299 g/mol. The third-order valence-corrected chi connectivity index (χ3v) is 3.90. The second-order valence-corrected chi connectivity index (χ2v) is 5.46. The van der Waals surface area contributed by atoms with Crippen molar-refractivity contribution in [2.45, 2.75) is 4.90 Å². The predicted octanol–water partition coefficient (Wildman–Crippen LogP) is 1.39. The summed E-state index contributed by atoms with van der Waals surface area (Å²) < 4.78 is 22.3. The highest BCUT2D eigenvalue weighted by molar-refractivity contribution is 7.89. The summed E-state index contributed by atoms with van der Waals surface area (Å²) in [5, 5.41) is 4.05. The van der Waals surface area contributed by atoms with Crippen LogP contribution in [0.2, 0.25) is 15.1 Å². The third-order valence-electron chi connectivity index (χ3n) is 1.68. The van der Waals surface area contributed by atoms with Gasteiger partial charge in [-0.2, -0.15) is 0 Å². The first-order chi connectivity index (χ1) is 7.16. The number of carbonyl (C=O) groups excluding carboxylic acids is 1. The highest BCUT2D eigenvalue weighted by Gasteiger charge is 2.23. The van der Waals surface area contributed by atoms with Crippen LogP contribution in [0, 0.1) is 0 Å². The van der Waals surface area contributed by atoms with Crippen molar-refractivity contribution >= 4 is 50.7 Å². The normalized spacial score (nSPS) is 11.5. The number of primary amides is 1. The minimum atomic E-state index is -4.11. The van der Waals surface area contributed by atoms with Crippen LogP contribution in [0.3, 0.4) is 0 Å². The van der Waals surface area contributed by atoms with Gasteiger partial charge in [0, 0.05) is 0 Å². The van der Waals surface area contributed by atoms with Gasteiger partial charge in [0.15, 0.2) is 0 Å². The summed E-state index contributed by atoms with van der Waals surface area (Å²) in [6.07, 6.45) is 0. The zero-order valence-corrected chi connectivity index (χ0v) is 10.6. The van der Waals surface area contributed by atoms with Crippen molar-refractivity contribution < 1.29 is 13.2 Å². The van der Waals surface area contributed by atoms with Crippen LogP contribution in [-0.4, -0.2) is 14.3 Å². The maximum absolute atomic E-state index is 11.1. The topological polar surface area (TPSA) is 103 Å². The molecule has 16 heavy (non-hydrogen) atoms. The van der Waals surface area contributed by atoms with Crippen molar-refractivity contribution in [2.75, 3.05) is 0 Å². The summed E-state index contributed by atoms with van der Waals surface area (Å²) in [7, 11) is -4.11. The summed E-state index contributed by atoms with van der Waals surface area (Å²) >= 11 is 16.9. The van der Waals surface area contributed by atoms with Crippen molar-refractivity contribution in [2.24, 2.45) is 10.9 Å². The standard InChI is InChI=1S/C7H5Cl3N2O3S/c8-2-1-3(16(12,14)15)6(10)4(5(2)9)7(11)13/h1H,(H2,11,13)(H2,12,14,15). The first-order valence-corrected chi connectivity index (χ1v) is 6.34. The number of amides is 1. The summed E-state index contributed by atoms with van der Waals surface area (Å²) in [5.41, 5.74) is 4.62. The third kappa shape index (κ3) is 2.41. The Labute approximate surface area is 106 Å². The molecule has 0 aliphatic rings. The van der Waals surface area contributed by atoms with E-state index in [-0.39, 0.29) is 15.6 Å². The molecule has 5 nitrogen and oxygen atoms in total. The van der Waals surface area contributed by atoms with Crippen molar-refractivity contribution in [3.05, 3.63) is 26.7 Å². The second kappa shape index (κ2) is 4.38. The van der Waals surface area contributed by atoms with Crippen molar-refractivity contribution in [1.29, 1.82) is 0 Å². The molecule has 0 unspecified atom stereocenters. The molecule has 0 saturated carbocycles. The molecule has 1 amide bonds. The highest BCUT2D eigenvalue weighted by atomic mass is 35.5. The van der Waals surface area contributed by atoms with Gasteiger partial charge < -0.3 is 5.73 Å². The Bertz CT molecular complexity index is 571. The first-order valence-electron chi connectivity index (χ1n) is 3.66. The predicted molar refractivity (Wildman–Crippen MR) is 61.4 cm³/mol. The Morgan fingerprint density at radius 1 is 1.19 bits per heavy atom. The Balaban J connectivity index is 3.78. The minimum Gasteiger partial charge on any atom is -0.366 e.